The smallest absolute Gasteiger partial charge is 0.258 e. The number of para-hydroxylation sites is 1. The Morgan fingerprint density at radius 2 is 2.28 bits per heavy atom. The van der Waals surface area contributed by atoms with Crippen LogP contribution in [0.3, 0.4) is 0 Å². The average molecular weight is 345 g/mol. The van der Waals surface area contributed by atoms with Gasteiger partial charge in [0.1, 0.15) is 11.8 Å². The molecule has 2 heterocycles. The van der Waals surface area contributed by atoms with Crippen LogP contribution >= 0.6 is 0 Å². The summed E-state index contributed by atoms with van der Waals surface area (Å²) in [4.78, 5) is 18.6. The molecule has 1 aromatic heterocycles. The molecule has 1 aliphatic heterocycles. The molecular formula is C17H23N5O3. The van der Waals surface area contributed by atoms with Gasteiger partial charge in [0.2, 0.25) is 5.89 Å². The van der Waals surface area contributed by atoms with E-state index in [2.05, 4.69) is 25.7 Å². The van der Waals surface area contributed by atoms with Crippen molar-refractivity contribution < 1.29 is 14.1 Å². The molecule has 134 valence electrons. The first-order valence-corrected chi connectivity index (χ1v) is 8.35. The van der Waals surface area contributed by atoms with Crippen molar-refractivity contribution in [2.75, 3.05) is 33.3 Å². The van der Waals surface area contributed by atoms with Crippen LogP contribution in [0.25, 0.3) is 0 Å². The molecule has 25 heavy (non-hydrogen) atoms. The Morgan fingerprint density at radius 3 is 3.04 bits per heavy atom. The van der Waals surface area contributed by atoms with Crippen LogP contribution in [0.15, 0.2) is 34.9 Å². The SMILES string of the molecule is CC(NC(=O)COc1ccccc1)c1nc(C2CNCCN2C)no1. The van der Waals surface area contributed by atoms with Gasteiger partial charge in [0.25, 0.3) is 5.91 Å². The Hall–Kier alpha value is -2.45. The van der Waals surface area contributed by atoms with E-state index >= 15 is 0 Å². The summed E-state index contributed by atoms with van der Waals surface area (Å²) < 4.78 is 10.7. The Labute approximate surface area is 146 Å². The van der Waals surface area contributed by atoms with E-state index in [1.54, 1.807) is 19.1 Å². The topological polar surface area (TPSA) is 92.5 Å². The Balaban J connectivity index is 1.52. The van der Waals surface area contributed by atoms with Crippen molar-refractivity contribution in [3.05, 3.63) is 42.0 Å². The van der Waals surface area contributed by atoms with Crippen LogP contribution in [-0.4, -0.2) is 54.2 Å². The predicted molar refractivity (Wildman–Crippen MR) is 91.0 cm³/mol. The maximum absolute atomic E-state index is 12.0. The summed E-state index contributed by atoms with van der Waals surface area (Å²) in [6.45, 7) is 4.40. The number of carbonyl (C=O) groups is 1. The van der Waals surface area contributed by atoms with E-state index in [4.69, 9.17) is 9.26 Å². The third-order valence-corrected chi connectivity index (χ3v) is 4.13. The molecule has 1 aliphatic rings. The molecule has 1 aromatic carbocycles. The zero-order valence-electron chi connectivity index (χ0n) is 14.4. The Bertz CT molecular complexity index is 691. The molecule has 0 radical (unpaired) electrons. The number of carbonyl (C=O) groups excluding carboxylic acids is 1. The van der Waals surface area contributed by atoms with E-state index in [-0.39, 0.29) is 24.6 Å². The summed E-state index contributed by atoms with van der Waals surface area (Å²) in [6, 6.07) is 8.90. The molecule has 0 spiro atoms. The van der Waals surface area contributed by atoms with Gasteiger partial charge in [0, 0.05) is 19.6 Å². The average Bonchev–Trinajstić information content (AvgIpc) is 3.11. The highest BCUT2D eigenvalue weighted by molar-refractivity contribution is 5.77. The standard InChI is InChI=1S/C17H23N5O3/c1-12(19-15(23)11-24-13-6-4-3-5-7-13)17-20-16(21-25-17)14-10-18-8-9-22(14)2/h3-7,12,14,18H,8-11H2,1-2H3,(H,19,23). The highest BCUT2D eigenvalue weighted by atomic mass is 16.5. The molecule has 1 amide bonds. The highest BCUT2D eigenvalue weighted by Crippen LogP contribution is 2.19. The lowest BCUT2D eigenvalue weighted by Gasteiger charge is -2.30. The molecule has 0 saturated carbocycles. The van der Waals surface area contributed by atoms with Crippen molar-refractivity contribution in [3.8, 4) is 5.75 Å². The maximum Gasteiger partial charge on any atom is 0.258 e. The minimum Gasteiger partial charge on any atom is -0.484 e. The van der Waals surface area contributed by atoms with E-state index < -0.39 is 0 Å². The molecule has 3 rings (SSSR count). The lowest BCUT2D eigenvalue weighted by Crippen LogP contribution is -2.44. The number of amides is 1. The number of piperazine rings is 1. The maximum atomic E-state index is 12.0. The molecule has 8 nitrogen and oxygen atoms in total. The summed E-state index contributed by atoms with van der Waals surface area (Å²) in [5, 5.41) is 10.2. The van der Waals surface area contributed by atoms with Gasteiger partial charge in [-0.25, -0.2) is 0 Å². The van der Waals surface area contributed by atoms with Gasteiger partial charge in [-0.05, 0) is 26.1 Å². The first kappa shape index (κ1) is 17.4. The molecule has 1 saturated heterocycles. The van der Waals surface area contributed by atoms with Crippen molar-refractivity contribution >= 4 is 5.91 Å². The van der Waals surface area contributed by atoms with Crippen molar-refractivity contribution in [1.29, 1.82) is 0 Å². The number of aromatic nitrogens is 2. The van der Waals surface area contributed by atoms with Crippen molar-refractivity contribution in [1.82, 2.24) is 25.7 Å². The van der Waals surface area contributed by atoms with Crippen molar-refractivity contribution in [2.45, 2.75) is 19.0 Å². The van der Waals surface area contributed by atoms with Gasteiger partial charge in [-0.1, -0.05) is 23.4 Å². The molecule has 2 atom stereocenters. The molecule has 2 unspecified atom stereocenters. The fourth-order valence-corrected chi connectivity index (χ4v) is 2.66. The van der Waals surface area contributed by atoms with E-state index in [1.165, 1.54) is 0 Å². The minimum absolute atomic E-state index is 0.0649. The highest BCUT2D eigenvalue weighted by Gasteiger charge is 2.26. The number of benzene rings is 1. The number of ether oxygens (including phenoxy) is 1. The monoisotopic (exact) mass is 345 g/mol. The first-order valence-electron chi connectivity index (χ1n) is 8.35. The number of hydrogen-bond acceptors (Lipinski definition) is 7. The second kappa shape index (κ2) is 8.09. The fraction of sp³-hybridized carbons (Fsp3) is 0.471. The molecule has 1 fully saturated rings. The van der Waals surface area contributed by atoms with Gasteiger partial charge >= 0.3 is 0 Å². The lowest BCUT2D eigenvalue weighted by molar-refractivity contribution is -0.123. The summed E-state index contributed by atoms with van der Waals surface area (Å²) >= 11 is 0. The summed E-state index contributed by atoms with van der Waals surface area (Å²) in [7, 11) is 2.04. The summed E-state index contributed by atoms with van der Waals surface area (Å²) in [5.41, 5.74) is 0. The normalized spacial score (nSPS) is 19.4. The van der Waals surface area contributed by atoms with Crippen LogP contribution in [0, 0.1) is 0 Å². The summed E-state index contributed by atoms with van der Waals surface area (Å²) in [5.74, 6) is 1.43. The largest absolute Gasteiger partial charge is 0.484 e. The third-order valence-electron chi connectivity index (χ3n) is 4.13. The van der Waals surface area contributed by atoms with Gasteiger partial charge in [-0.2, -0.15) is 4.98 Å². The Kier molecular flexibility index (Phi) is 5.62. The number of likely N-dealkylation sites (N-methyl/N-ethyl adjacent to an activating group) is 1. The van der Waals surface area contributed by atoms with Gasteiger partial charge in [-0.15, -0.1) is 0 Å². The third kappa shape index (κ3) is 4.55. The van der Waals surface area contributed by atoms with Gasteiger partial charge in [0.05, 0.1) is 6.04 Å². The van der Waals surface area contributed by atoms with Crippen LogP contribution in [0.1, 0.15) is 30.7 Å². The quantitative estimate of drug-likeness (QED) is 0.803. The number of nitrogens with one attached hydrogen (secondary N) is 2. The van der Waals surface area contributed by atoms with Crippen LogP contribution in [0.5, 0.6) is 5.75 Å². The van der Waals surface area contributed by atoms with Crippen LogP contribution in [0.4, 0.5) is 0 Å². The zero-order valence-corrected chi connectivity index (χ0v) is 14.4. The zero-order chi connectivity index (χ0) is 17.6. The summed E-state index contributed by atoms with van der Waals surface area (Å²) in [6.07, 6.45) is 0. The molecule has 0 bridgehead atoms. The number of hydrogen-bond donors (Lipinski definition) is 2. The number of nitrogens with zero attached hydrogens (tertiary/aromatic N) is 3. The van der Waals surface area contributed by atoms with Gasteiger partial charge in [0.15, 0.2) is 12.4 Å². The molecule has 2 N–H and O–H groups in total. The lowest BCUT2D eigenvalue weighted by atomic mass is 10.2. The van der Waals surface area contributed by atoms with E-state index in [9.17, 15) is 4.79 Å². The molecule has 2 aromatic rings. The minimum atomic E-state index is -0.380. The Morgan fingerprint density at radius 1 is 1.48 bits per heavy atom. The second-order valence-electron chi connectivity index (χ2n) is 6.08. The van der Waals surface area contributed by atoms with Gasteiger partial charge < -0.3 is 19.9 Å². The van der Waals surface area contributed by atoms with E-state index in [0.29, 0.717) is 17.5 Å². The van der Waals surface area contributed by atoms with E-state index in [1.807, 2.05) is 25.2 Å². The molecule has 0 aliphatic carbocycles. The van der Waals surface area contributed by atoms with Crippen LogP contribution in [0.2, 0.25) is 0 Å². The first-order chi connectivity index (χ1) is 12.1. The predicted octanol–water partition coefficient (Wildman–Crippen LogP) is 0.902. The molecular weight excluding hydrogens is 322 g/mol. The molecule has 8 heteroatoms. The second-order valence-corrected chi connectivity index (χ2v) is 6.08. The van der Waals surface area contributed by atoms with Crippen molar-refractivity contribution in [2.24, 2.45) is 0 Å². The van der Waals surface area contributed by atoms with Crippen LogP contribution in [-0.2, 0) is 4.79 Å². The van der Waals surface area contributed by atoms with Crippen LogP contribution < -0.4 is 15.4 Å². The van der Waals surface area contributed by atoms with Crippen molar-refractivity contribution in [3.63, 3.8) is 0 Å². The number of rotatable bonds is 6. The fourth-order valence-electron chi connectivity index (χ4n) is 2.66. The van der Waals surface area contributed by atoms with E-state index in [0.717, 1.165) is 19.6 Å². The van der Waals surface area contributed by atoms with Gasteiger partial charge in [-0.3, -0.25) is 9.69 Å².